The van der Waals surface area contributed by atoms with Crippen LogP contribution in [-0.2, 0) is 9.47 Å². The van der Waals surface area contributed by atoms with Gasteiger partial charge in [0.15, 0.2) is 0 Å². The van der Waals surface area contributed by atoms with Gasteiger partial charge in [-0.05, 0) is 19.3 Å². The molecule has 23 heavy (non-hydrogen) atoms. The van der Waals surface area contributed by atoms with Crippen LogP contribution in [0.3, 0.4) is 0 Å². The van der Waals surface area contributed by atoms with Crippen LogP contribution in [0.15, 0.2) is 12.2 Å². The van der Waals surface area contributed by atoms with E-state index in [-0.39, 0.29) is 13.2 Å². The Hall–Kier alpha value is -0.460. The molecule has 1 rings (SSSR count). The molecule has 0 aromatic carbocycles. The van der Waals surface area contributed by atoms with Gasteiger partial charge in [0, 0.05) is 0 Å². The Morgan fingerprint density at radius 3 is 2.48 bits per heavy atom. The first-order valence-electron chi connectivity index (χ1n) is 9.05. The Balaban J connectivity index is 1.92. The number of rotatable bonds is 13. The van der Waals surface area contributed by atoms with Gasteiger partial charge in [0.25, 0.3) is 0 Å². The standard InChI is InChI=1S/C18H34O5/c1-2-3-4-5-6-7-8-9-10-11-12-22-13-16(20)18-17(21)15(19)14-23-18/h9-10,15-21H,2-8,11-14H2,1H3/b10-9+/t15-,16+,17+,18+/m0/s1. The smallest absolute Gasteiger partial charge is 0.114 e. The van der Waals surface area contributed by atoms with Gasteiger partial charge in [0.05, 0.1) is 19.8 Å². The molecule has 4 atom stereocenters. The van der Waals surface area contributed by atoms with Gasteiger partial charge in [0.1, 0.15) is 24.4 Å². The Morgan fingerprint density at radius 2 is 1.78 bits per heavy atom. The summed E-state index contributed by atoms with van der Waals surface area (Å²) in [6.07, 6.45) is 10.5. The minimum absolute atomic E-state index is 0.0596. The van der Waals surface area contributed by atoms with Gasteiger partial charge < -0.3 is 24.8 Å². The number of unbranched alkanes of at least 4 members (excludes halogenated alkanes) is 6. The van der Waals surface area contributed by atoms with Crippen molar-refractivity contribution in [1.29, 1.82) is 0 Å². The van der Waals surface area contributed by atoms with E-state index in [1.807, 2.05) is 0 Å². The molecule has 1 aliphatic rings. The normalized spacial score (nSPS) is 26.2. The highest BCUT2D eigenvalue weighted by Crippen LogP contribution is 2.17. The number of ether oxygens (including phenoxy) is 2. The second-order valence-corrected chi connectivity index (χ2v) is 6.31. The average Bonchev–Trinajstić information content (AvgIpc) is 2.88. The molecule has 0 aromatic heterocycles. The molecule has 136 valence electrons. The van der Waals surface area contributed by atoms with Crippen LogP contribution in [0.5, 0.6) is 0 Å². The lowest BCUT2D eigenvalue weighted by Gasteiger charge is -2.20. The van der Waals surface area contributed by atoms with Crippen LogP contribution in [0, 0.1) is 0 Å². The number of hydrogen-bond donors (Lipinski definition) is 3. The third-order valence-electron chi connectivity index (χ3n) is 4.18. The molecular formula is C18H34O5. The molecule has 0 aliphatic carbocycles. The van der Waals surface area contributed by atoms with Gasteiger partial charge in [-0.3, -0.25) is 0 Å². The van der Waals surface area contributed by atoms with E-state index in [9.17, 15) is 15.3 Å². The summed E-state index contributed by atoms with van der Waals surface area (Å²) < 4.78 is 10.5. The van der Waals surface area contributed by atoms with E-state index < -0.39 is 24.4 Å². The topological polar surface area (TPSA) is 79.2 Å². The van der Waals surface area contributed by atoms with Crippen LogP contribution in [-0.4, -0.2) is 59.6 Å². The highest BCUT2D eigenvalue weighted by molar-refractivity contribution is 4.88. The third-order valence-corrected chi connectivity index (χ3v) is 4.18. The molecule has 0 aromatic rings. The van der Waals surface area contributed by atoms with E-state index in [2.05, 4.69) is 19.1 Å². The summed E-state index contributed by atoms with van der Waals surface area (Å²) in [5.74, 6) is 0. The van der Waals surface area contributed by atoms with E-state index in [1.165, 1.54) is 38.5 Å². The summed E-state index contributed by atoms with van der Waals surface area (Å²) in [7, 11) is 0. The van der Waals surface area contributed by atoms with Crippen molar-refractivity contribution in [3.05, 3.63) is 12.2 Å². The number of aliphatic hydroxyl groups excluding tert-OH is 3. The van der Waals surface area contributed by atoms with Crippen molar-refractivity contribution < 1.29 is 24.8 Å². The SMILES string of the molecule is CCCCCCCC/C=C/CCOC[C@@H](O)[C@H]1OC[C@H](O)[C@H]1O. The zero-order chi connectivity index (χ0) is 16.9. The molecule has 5 heteroatoms. The lowest BCUT2D eigenvalue weighted by Crippen LogP contribution is -2.40. The number of hydrogen-bond acceptors (Lipinski definition) is 5. The monoisotopic (exact) mass is 330 g/mol. The largest absolute Gasteiger partial charge is 0.388 e. The van der Waals surface area contributed by atoms with E-state index in [0.717, 1.165) is 12.8 Å². The fourth-order valence-corrected chi connectivity index (χ4v) is 2.69. The third kappa shape index (κ3) is 8.82. The van der Waals surface area contributed by atoms with Crippen molar-refractivity contribution in [2.24, 2.45) is 0 Å². The van der Waals surface area contributed by atoms with Crippen molar-refractivity contribution >= 4 is 0 Å². The van der Waals surface area contributed by atoms with Crippen LogP contribution >= 0.6 is 0 Å². The Bertz CT molecular complexity index is 308. The fraction of sp³-hybridized carbons (Fsp3) is 0.889. The van der Waals surface area contributed by atoms with E-state index in [0.29, 0.717) is 6.61 Å². The van der Waals surface area contributed by atoms with E-state index in [1.54, 1.807) is 0 Å². The van der Waals surface area contributed by atoms with E-state index in [4.69, 9.17) is 9.47 Å². The van der Waals surface area contributed by atoms with Crippen molar-refractivity contribution in [2.75, 3.05) is 19.8 Å². The number of allylic oxidation sites excluding steroid dienone is 1. The van der Waals surface area contributed by atoms with Crippen molar-refractivity contribution in [3.8, 4) is 0 Å². The minimum atomic E-state index is -1.04. The van der Waals surface area contributed by atoms with Gasteiger partial charge in [0.2, 0.25) is 0 Å². The lowest BCUT2D eigenvalue weighted by molar-refractivity contribution is -0.0806. The first kappa shape index (κ1) is 20.6. The first-order valence-corrected chi connectivity index (χ1v) is 9.05. The summed E-state index contributed by atoms with van der Waals surface area (Å²) in [6.45, 7) is 2.94. The molecule has 1 fully saturated rings. The molecule has 0 amide bonds. The van der Waals surface area contributed by atoms with Crippen LogP contribution in [0.1, 0.15) is 58.3 Å². The minimum Gasteiger partial charge on any atom is -0.388 e. The molecular weight excluding hydrogens is 296 g/mol. The Kier molecular flexibility index (Phi) is 11.5. The molecule has 0 saturated carbocycles. The molecule has 1 heterocycles. The quantitative estimate of drug-likeness (QED) is 0.356. The van der Waals surface area contributed by atoms with Gasteiger partial charge in [-0.15, -0.1) is 0 Å². The van der Waals surface area contributed by atoms with Gasteiger partial charge in [-0.1, -0.05) is 51.2 Å². The second-order valence-electron chi connectivity index (χ2n) is 6.31. The van der Waals surface area contributed by atoms with Crippen LogP contribution < -0.4 is 0 Å². The maximum absolute atomic E-state index is 9.86. The average molecular weight is 330 g/mol. The zero-order valence-electron chi connectivity index (χ0n) is 14.4. The summed E-state index contributed by atoms with van der Waals surface area (Å²) in [4.78, 5) is 0. The molecule has 0 radical (unpaired) electrons. The molecule has 0 spiro atoms. The van der Waals surface area contributed by atoms with Crippen LogP contribution in [0.25, 0.3) is 0 Å². The maximum atomic E-state index is 9.86. The van der Waals surface area contributed by atoms with Crippen LogP contribution in [0.4, 0.5) is 0 Å². The Labute approximate surface area is 140 Å². The second kappa shape index (κ2) is 12.9. The number of aliphatic hydroxyl groups is 3. The van der Waals surface area contributed by atoms with Crippen molar-refractivity contribution in [3.63, 3.8) is 0 Å². The predicted octanol–water partition coefficient (Wildman–Crippen LogP) is 2.18. The summed E-state index contributed by atoms with van der Waals surface area (Å²) in [5, 5.41) is 28.8. The molecule has 3 N–H and O–H groups in total. The Morgan fingerprint density at radius 1 is 1.09 bits per heavy atom. The molecule has 0 unspecified atom stereocenters. The predicted molar refractivity (Wildman–Crippen MR) is 90.3 cm³/mol. The summed E-state index contributed by atoms with van der Waals surface area (Å²) in [5.41, 5.74) is 0. The van der Waals surface area contributed by atoms with Gasteiger partial charge in [-0.25, -0.2) is 0 Å². The summed E-state index contributed by atoms with van der Waals surface area (Å²) in [6, 6.07) is 0. The van der Waals surface area contributed by atoms with Crippen LogP contribution in [0.2, 0.25) is 0 Å². The van der Waals surface area contributed by atoms with E-state index >= 15 is 0 Å². The summed E-state index contributed by atoms with van der Waals surface area (Å²) >= 11 is 0. The van der Waals surface area contributed by atoms with Gasteiger partial charge in [-0.2, -0.15) is 0 Å². The first-order chi connectivity index (χ1) is 11.2. The molecule has 1 saturated heterocycles. The molecule has 1 aliphatic heterocycles. The molecule has 5 nitrogen and oxygen atoms in total. The fourth-order valence-electron chi connectivity index (χ4n) is 2.69. The van der Waals surface area contributed by atoms with Crippen molar-refractivity contribution in [1.82, 2.24) is 0 Å². The lowest BCUT2D eigenvalue weighted by atomic mass is 10.1. The highest BCUT2D eigenvalue weighted by atomic mass is 16.5. The molecule has 0 bridgehead atoms. The van der Waals surface area contributed by atoms with Gasteiger partial charge >= 0.3 is 0 Å². The maximum Gasteiger partial charge on any atom is 0.114 e. The zero-order valence-corrected chi connectivity index (χ0v) is 14.4. The van der Waals surface area contributed by atoms with Crippen molar-refractivity contribution in [2.45, 2.75) is 82.7 Å². The highest BCUT2D eigenvalue weighted by Gasteiger charge is 2.39.